The van der Waals surface area contributed by atoms with Crippen molar-refractivity contribution >= 4 is 22.4 Å². The molecule has 0 amide bonds. The van der Waals surface area contributed by atoms with Gasteiger partial charge in [0, 0.05) is 24.2 Å². The third-order valence-corrected chi connectivity index (χ3v) is 2.88. The number of rotatable bonds is 1. The molecule has 0 saturated carbocycles. The quantitative estimate of drug-likeness (QED) is 0.714. The van der Waals surface area contributed by atoms with Gasteiger partial charge in [0.05, 0.1) is 5.52 Å². The molecule has 0 unspecified atom stereocenters. The van der Waals surface area contributed by atoms with Crippen molar-refractivity contribution in [2.24, 2.45) is 0 Å². The summed E-state index contributed by atoms with van der Waals surface area (Å²) >= 11 is 0. The molecule has 1 aromatic heterocycles. The van der Waals surface area contributed by atoms with Crippen molar-refractivity contribution in [2.45, 2.75) is 6.42 Å². The molecular weight excluding hydrogens is 186 g/mol. The number of hydrogen-bond donors (Lipinski definition) is 1. The molecule has 0 atom stereocenters. The minimum atomic E-state index is 0.793. The first-order valence-electron chi connectivity index (χ1n) is 5.24. The van der Waals surface area contributed by atoms with E-state index in [9.17, 15) is 0 Å². The molecule has 3 nitrogen and oxygen atoms in total. The Hall–Kier alpha value is -1.77. The molecule has 1 fully saturated rings. The third-order valence-electron chi connectivity index (χ3n) is 2.88. The van der Waals surface area contributed by atoms with Gasteiger partial charge in [-0.15, -0.1) is 0 Å². The number of nitrogen functional groups attached to an aromatic ring is 1. The summed E-state index contributed by atoms with van der Waals surface area (Å²) in [6.45, 7) is 2.26. The highest BCUT2D eigenvalue weighted by molar-refractivity contribution is 5.83. The van der Waals surface area contributed by atoms with Crippen LogP contribution in [0.5, 0.6) is 0 Å². The summed E-state index contributed by atoms with van der Waals surface area (Å²) in [7, 11) is 0. The highest BCUT2D eigenvalue weighted by Gasteiger charge is 2.15. The SMILES string of the molecule is Nc1ccc2nc(N3CCC3)ccc2c1. The maximum absolute atomic E-state index is 5.72. The van der Waals surface area contributed by atoms with Crippen LogP contribution in [0.25, 0.3) is 10.9 Å². The fraction of sp³-hybridized carbons (Fsp3) is 0.250. The van der Waals surface area contributed by atoms with Gasteiger partial charge in [-0.1, -0.05) is 0 Å². The van der Waals surface area contributed by atoms with E-state index >= 15 is 0 Å². The highest BCUT2D eigenvalue weighted by Crippen LogP contribution is 2.22. The number of aromatic nitrogens is 1. The topological polar surface area (TPSA) is 42.1 Å². The maximum Gasteiger partial charge on any atom is 0.129 e. The van der Waals surface area contributed by atoms with Crippen LogP contribution in [-0.4, -0.2) is 18.1 Å². The van der Waals surface area contributed by atoms with Gasteiger partial charge in [-0.25, -0.2) is 4.98 Å². The average molecular weight is 199 g/mol. The molecule has 0 bridgehead atoms. The van der Waals surface area contributed by atoms with Crippen LogP contribution >= 0.6 is 0 Å². The second kappa shape index (κ2) is 3.12. The molecule has 3 heteroatoms. The van der Waals surface area contributed by atoms with Crippen LogP contribution in [0.2, 0.25) is 0 Å². The Morgan fingerprint density at radius 2 is 2.00 bits per heavy atom. The zero-order valence-corrected chi connectivity index (χ0v) is 8.48. The van der Waals surface area contributed by atoms with Crippen LogP contribution in [0.1, 0.15) is 6.42 Å². The number of anilines is 2. The van der Waals surface area contributed by atoms with Gasteiger partial charge >= 0.3 is 0 Å². The van der Waals surface area contributed by atoms with E-state index in [1.165, 1.54) is 6.42 Å². The molecule has 2 N–H and O–H groups in total. The summed E-state index contributed by atoms with van der Waals surface area (Å²) in [5.41, 5.74) is 7.54. The molecule has 76 valence electrons. The van der Waals surface area contributed by atoms with Crippen LogP contribution in [-0.2, 0) is 0 Å². The van der Waals surface area contributed by atoms with E-state index in [4.69, 9.17) is 5.73 Å². The van der Waals surface area contributed by atoms with Crippen LogP contribution in [0.15, 0.2) is 30.3 Å². The van der Waals surface area contributed by atoms with Gasteiger partial charge in [0.1, 0.15) is 5.82 Å². The zero-order valence-electron chi connectivity index (χ0n) is 8.48. The first-order valence-corrected chi connectivity index (χ1v) is 5.24. The Kier molecular flexibility index (Phi) is 1.78. The second-order valence-corrected chi connectivity index (χ2v) is 3.96. The normalized spacial score (nSPS) is 15.3. The predicted molar refractivity (Wildman–Crippen MR) is 63.0 cm³/mol. The Labute approximate surface area is 88.5 Å². The minimum Gasteiger partial charge on any atom is -0.399 e. The number of nitrogens with two attached hydrogens (primary N) is 1. The van der Waals surface area contributed by atoms with Crippen molar-refractivity contribution in [1.82, 2.24) is 4.98 Å². The lowest BCUT2D eigenvalue weighted by Gasteiger charge is -2.32. The van der Waals surface area contributed by atoms with Crippen molar-refractivity contribution in [3.63, 3.8) is 0 Å². The van der Waals surface area contributed by atoms with E-state index < -0.39 is 0 Å². The first kappa shape index (κ1) is 8.53. The Morgan fingerprint density at radius 1 is 1.13 bits per heavy atom. The van der Waals surface area contributed by atoms with Gasteiger partial charge in [0.25, 0.3) is 0 Å². The second-order valence-electron chi connectivity index (χ2n) is 3.96. The fourth-order valence-corrected chi connectivity index (χ4v) is 1.85. The van der Waals surface area contributed by atoms with Gasteiger partial charge in [0.15, 0.2) is 0 Å². The molecule has 0 aliphatic carbocycles. The molecule has 2 aromatic rings. The lowest BCUT2D eigenvalue weighted by Crippen LogP contribution is -2.37. The van der Waals surface area contributed by atoms with Gasteiger partial charge < -0.3 is 10.6 Å². The van der Waals surface area contributed by atoms with Gasteiger partial charge in [-0.05, 0) is 36.8 Å². The predicted octanol–water partition coefficient (Wildman–Crippen LogP) is 2.03. The van der Waals surface area contributed by atoms with E-state index in [1.54, 1.807) is 0 Å². The van der Waals surface area contributed by atoms with Crippen molar-refractivity contribution in [1.29, 1.82) is 0 Å². The number of benzene rings is 1. The van der Waals surface area contributed by atoms with E-state index in [0.717, 1.165) is 35.5 Å². The van der Waals surface area contributed by atoms with Crippen LogP contribution < -0.4 is 10.6 Å². The standard InChI is InChI=1S/C12H13N3/c13-10-3-4-11-9(8-10)2-5-12(14-11)15-6-1-7-15/h2-5,8H,1,6-7,13H2. The van der Waals surface area contributed by atoms with Crippen molar-refractivity contribution in [2.75, 3.05) is 23.7 Å². The van der Waals surface area contributed by atoms with Gasteiger partial charge in [-0.2, -0.15) is 0 Å². The van der Waals surface area contributed by atoms with E-state index in [0.29, 0.717) is 0 Å². The van der Waals surface area contributed by atoms with Gasteiger partial charge in [-0.3, -0.25) is 0 Å². The molecule has 15 heavy (non-hydrogen) atoms. The highest BCUT2D eigenvalue weighted by atomic mass is 15.2. The monoisotopic (exact) mass is 199 g/mol. The third kappa shape index (κ3) is 1.40. The molecular formula is C12H13N3. The molecule has 0 radical (unpaired) electrons. The van der Waals surface area contributed by atoms with E-state index in [-0.39, 0.29) is 0 Å². The smallest absolute Gasteiger partial charge is 0.129 e. The first-order chi connectivity index (χ1) is 7.33. The Bertz CT molecular complexity index is 503. The summed E-state index contributed by atoms with van der Waals surface area (Å²) in [6.07, 6.45) is 1.28. The fourth-order valence-electron chi connectivity index (χ4n) is 1.85. The van der Waals surface area contributed by atoms with Crippen LogP contribution in [0.4, 0.5) is 11.5 Å². The average Bonchev–Trinajstić information content (AvgIpc) is 2.15. The lowest BCUT2D eigenvalue weighted by molar-refractivity contribution is 0.611. The molecule has 3 rings (SSSR count). The molecule has 1 saturated heterocycles. The van der Waals surface area contributed by atoms with Crippen LogP contribution in [0.3, 0.4) is 0 Å². The zero-order chi connectivity index (χ0) is 10.3. The number of fused-ring (bicyclic) bond motifs is 1. The number of pyridine rings is 1. The summed E-state index contributed by atoms with van der Waals surface area (Å²) in [4.78, 5) is 6.90. The molecule has 0 spiro atoms. The van der Waals surface area contributed by atoms with Crippen molar-refractivity contribution in [3.8, 4) is 0 Å². The number of nitrogens with zero attached hydrogens (tertiary/aromatic N) is 2. The Balaban J connectivity index is 2.09. The lowest BCUT2D eigenvalue weighted by atomic mass is 10.1. The molecule has 1 aromatic carbocycles. The van der Waals surface area contributed by atoms with Crippen molar-refractivity contribution < 1.29 is 0 Å². The van der Waals surface area contributed by atoms with Crippen molar-refractivity contribution in [3.05, 3.63) is 30.3 Å². The van der Waals surface area contributed by atoms with Crippen LogP contribution in [0, 0.1) is 0 Å². The Morgan fingerprint density at radius 3 is 2.73 bits per heavy atom. The molecule has 1 aliphatic rings. The largest absolute Gasteiger partial charge is 0.399 e. The minimum absolute atomic E-state index is 0.793. The summed E-state index contributed by atoms with van der Waals surface area (Å²) in [6, 6.07) is 10.00. The summed E-state index contributed by atoms with van der Waals surface area (Å²) in [5, 5.41) is 1.11. The van der Waals surface area contributed by atoms with E-state index in [1.807, 2.05) is 18.2 Å². The van der Waals surface area contributed by atoms with E-state index in [2.05, 4.69) is 22.0 Å². The summed E-state index contributed by atoms with van der Waals surface area (Å²) < 4.78 is 0. The molecule has 1 aliphatic heterocycles. The number of hydrogen-bond acceptors (Lipinski definition) is 3. The summed E-state index contributed by atoms with van der Waals surface area (Å²) in [5.74, 6) is 1.08. The maximum atomic E-state index is 5.72. The van der Waals surface area contributed by atoms with Gasteiger partial charge in [0.2, 0.25) is 0 Å². The molecule has 2 heterocycles.